The second-order valence-electron chi connectivity index (χ2n) is 7.33. The van der Waals surface area contributed by atoms with Crippen molar-refractivity contribution in [3.05, 3.63) is 18.5 Å². The van der Waals surface area contributed by atoms with Gasteiger partial charge >= 0.3 is 0 Å². The van der Waals surface area contributed by atoms with Gasteiger partial charge in [-0.05, 0) is 44.8 Å². The normalized spacial score (nSPS) is 20.5. The van der Waals surface area contributed by atoms with Crippen molar-refractivity contribution in [1.29, 1.82) is 0 Å². The maximum Gasteiger partial charge on any atom is 0.225 e. The molecule has 7 heteroatoms. The minimum absolute atomic E-state index is 0.598. The highest BCUT2D eigenvalue weighted by atomic mass is 15.4. The molecule has 7 nitrogen and oxygen atoms in total. The third-order valence-corrected chi connectivity index (χ3v) is 5.07. The molecule has 26 heavy (non-hydrogen) atoms. The predicted molar refractivity (Wildman–Crippen MR) is 107 cm³/mol. The Morgan fingerprint density at radius 3 is 2.46 bits per heavy atom. The molecule has 3 heterocycles. The lowest BCUT2D eigenvalue weighted by atomic mass is 10.2. The standard InChI is InChI=1S/C19H33N7/c1-3-20-18(23-15-17(2)16-24-9-4-5-10-24)25-11-13-26(14-12-25)19-21-7-6-8-22-19/h6-8,17H,3-5,9-16H2,1-2H3,(H,20,23). The van der Waals surface area contributed by atoms with Crippen LogP contribution in [0.4, 0.5) is 5.95 Å². The molecule has 3 rings (SSSR count). The zero-order valence-electron chi connectivity index (χ0n) is 16.3. The van der Waals surface area contributed by atoms with Gasteiger partial charge in [-0.2, -0.15) is 0 Å². The fraction of sp³-hybridized carbons (Fsp3) is 0.737. The van der Waals surface area contributed by atoms with Crippen molar-refractivity contribution in [3.8, 4) is 0 Å². The van der Waals surface area contributed by atoms with Crippen LogP contribution in [0.3, 0.4) is 0 Å². The van der Waals surface area contributed by atoms with Crippen LogP contribution in [0, 0.1) is 5.92 Å². The molecule has 0 spiro atoms. The molecule has 0 bridgehead atoms. The van der Waals surface area contributed by atoms with Gasteiger partial charge in [0.25, 0.3) is 0 Å². The lowest BCUT2D eigenvalue weighted by Crippen LogP contribution is -2.53. The average Bonchev–Trinajstić information content (AvgIpc) is 3.19. The molecule has 2 aliphatic heterocycles. The smallest absolute Gasteiger partial charge is 0.225 e. The summed E-state index contributed by atoms with van der Waals surface area (Å²) in [5.41, 5.74) is 0. The van der Waals surface area contributed by atoms with Gasteiger partial charge in [-0.15, -0.1) is 0 Å². The summed E-state index contributed by atoms with van der Waals surface area (Å²) in [4.78, 5) is 20.8. The number of aliphatic imine (C=N–C) groups is 1. The second kappa shape index (κ2) is 9.71. The quantitative estimate of drug-likeness (QED) is 0.610. The Hall–Kier alpha value is -1.89. The molecule has 0 radical (unpaired) electrons. The lowest BCUT2D eigenvalue weighted by molar-refractivity contribution is 0.290. The molecule has 0 amide bonds. The van der Waals surface area contributed by atoms with Crippen molar-refractivity contribution >= 4 is 11.9 Å². The zero-order chi connectivity index (χ0) is 18.2. The van der Waals surface area contributed by atoms with E-state index < -0.39 is 0 Å². The lowest BCUT2D eigenvalue weighted by Gasteiger charge is -2.36. The summed E-state index contributed by atoms with van der Waals surface area (Å²) in [7, 11) is 0. The van der Waals surface area contributed by atoms with Crippen LogP contribution in [0.15, 0.2) is 23.5 Å². The summed E-state index contributed by atoms with van der Waals surface area (Å²) in [6.07, 6.45) is 6.33. The van der Waals surface area contributed by atoms with Crippen LogP contribution in [0.1, 0.15) is 26.7 Å². The highest BCUT2D eigenvalue weighted by Crippen LogP contribution is 2.12. The molecular weight excluding hydrogens is 326 g/mol. The number of hydrogen-bond acceptors (Lipinski definition) is 5. The maximum atomic E-state index is 4.93. The Kier molecular flexibility index (Phi) is 7.05. The van der Waals surface area contributed by atoms with E-state index in [1.54, 1.807) is 0 Å². The van der Waals surface area contributed by atoms with E-state index in [0.717, 1.165) is 51.2 Å². The van der Waals surface area contributed by atoms with Crippen LogP contribution in [0.2, 0.25) is 0 Å². The van der Waals surface area contributed by atoms with Gasteiger partial charge in [-0.25, -0.2) is 9.97 Å². The number of nitrogens with one attached hydrogen (secondary N) is 1. The topological polar surface area (TPSA) is 59.9 Å². The Morgan fingerprint density at radius 1 is 1.12 bits per heavy atom. The van der Waals surface area contributed by atoms with E-state index in [1.807, 2.05) is 18.5 Å². The number of rotatable bonds is 6. The first-order chi connectivity index (χ1) is 12.8. The van der Waals surface area contributed by atoms with E-state index in [9.17, 15) is 0 Å². The van der Waals surface area contributed by atoms with Gasteiger partial charge in [0, 0.05) is 58.2 Å². The van der Waals surface area contributed by atoms with Crippen LogP contribution in [0.25, 0.3) is 0 Å². The summed E-state index contributed by atoms with van der Waals surface area (Å²) >= 11 is 0. The van der Waals surface area contributed by atoms with Gasteiger partial charge in [0.05, 0.1) is 0 Å². The Balaban J connectivity index is 1.51. The Labute approximate surface area is 157 Å². The molecule has 1 aromatic rings. The molecule has 2 aliphatic rings. The highest BCUT2D eigenvalue weighted by Gasteiger charge is 2.21. The van der Waals surface area contributed by atoms with E-state index in [4.69, 9.17) is 4.99 Å². The first kappa shape index (κ1) is 18.9. The van der Waals surface area contributed by atoms with Crippen molar-refractivity contribution in [2.75, 3.05) is 63.8 Å². The van der Waals surface area contributed by atoms with Gasteiger partial charge in [-0.1, -0.05) is 6.92 Å². The van der Waals surface area contributed by atoms with E-state index in [0.29, 0.717) is 5.92 Å². The average molecular weight is 360 g/mol. The Bertz CT molecular complexity index is 548. The highest BCUT2D eigenvalue weighted by molar-refractivity contribution is 5.80. The minimum atomic E-state index is 0.598. The maximum absolute atomic E-state index is 4.93. The number of guanidine groups is 1. The van der Waals surface area contributed by atoms with Crippen molar-refractivity contribution in [3.63, 3.8) is 0 Å². The number of piperazine rings is 1. The van der Waals surface area contributed by atoms with Crippen LogP contribution in [-0.2, 0) is 0 Å². The van der Waals surface area contributed by atoms with E-state index in [-0.39, 0.29) is 0 Å². The summed E-state index contributed by atoms with van der Waals surface area (Å²) in [5.74, 6) is 2.48. The molecule has 144 valence electrons. The molecule has 0 aliphatic carbocycles. The van der Waals surface area contributed by atoms with Crippen molar-refractivity contribution in [2.45, 2.75) is 26.7 Å². The van der Waals surface area contributed by atoms with Gasteiger partial charge < -0.3 is 20.0 Å². The number of likely N-dealkylation sites (tertiary alicyclic amines) is 1. The molecule has 0 saturated carbocycles. The third kappa shape index (κ3) is 5.30. The molecule has 2 fully saturated rings. The van der Waals surface area contributed by atoms with E-state index in [1.165, 1.54) is 32.5 Å². The number of anilines is 1. The van der Waals surface area contributed by atoms with E-state index in [2.05, 4.69) is 43.8 Å². The summed E-state index contributed by atoms with van der Waals surface area (Å²) in [5, 5.41) is 3.47. The molecule has 1 aromatic heterocycles. The van der Waals surface area contributed by atoms with Crippen LogP contribution in [0.5, 0.6) is 0 Å². The van der Waals surface area contributed by atoms with Gasteiger partial charge in [0.2, 0.25) is 5.95 Å². The van der Waals surface area contributed by atoms with Crippen LogP contribution < -0.4 is 10.2 Å². The summed E-state index contributed by atoms with van der Waals surface area (Å²) in [6.45, 7) is 13.7. The monoisotopic (exact) mass is 359 g/mol. The van der Waals surface area contributed by atoms with Crippen molar-refractivity contribution in [2.24, 2.45) is 10.9 Å². The van der Waals surface area contributed by atoms with E-state index >= 15 is 0 Å². The SMILES string of the molecule is CCNC(=NCC(C)CN1CCCC1)N1CCN(c2ncccn2)CC1. The largest absolute Gasteiger partial charge is 0.357 e. The predicted octanol–water partition coefficient (Wildman–Crippen LogP) is 1.30. The molecule has 0 aromatic carbocycles. The number of nitrogens with zero attached hydrogens (tertiary/aromatic N) is 6. The molecule has 1 atom stereocenters. The van der Waals surface area contributed by atoms with Gasteiger partial charge in [0.1, 0.15) is 0 Å². The molecular formula is C19H33N7. The number of hydrogen-bond donors (Lipinski definition) is 1. The molecule has 2 saturated heterocycles. The fourth-order valence-electron chi connectivity index (χ4n) is 3.70. The van der Waals surface area contributed by atoms with Gasteiger partial charge in [-0.3, -0.25) is 4.99 Å². The number of aromatic nitrogens is 2. The minimum Gasteiger partial charge on any atom is -0.357 e. The zero-order valence-corrected chi connectivity index (χ0v) is 16.3. The summed E-state index contributed by atoms with van der Waals surface area (Å²) in [6, 6.07) is 1.86. The first-order valence-corrected chi connectivity index (χ1v) is 10.0. The van der Waals surface area contributed by atoms with Crippen molar-refractivity contribution in [1.82, 2.24) is 25.1 Å². The molecule has 1 N–H and O–H groups in total. The van der Waals surface area contributed by atoms with Crippen LogP contribution in [-0.4, -0.2) is 84.6 Å². The molecule has 1 unspecified atom stereocenters. The second-order valence-corrected chi connectivity index (χ2v) is 7.33. The van der Waals surface area contributed by atoms with Crippen molar-refractivity contribution < 1.29 is 0 Å². The van der Waals surface area contributed by atoms with Gasteiger partial charge in [0.15, 0.2) is 5.96 Å². The summed E-state index contributed by atoms with van der Waals surface area (Å²) < 4.78 is 0. The Morgan fingerprint density at radius 2 is 1.81 bits per heavy atom. The van der Waals surface area contributed by atoms with Crippen LogP contribution >= 0.6 is 0 Å². The first-order valence-electron chi connectivity index (χ1n) is 10.0. The third-order valence-electron chi connectivity index (χ3n) is 5.07. The fourth-order valence-corrected chi connectivity index (χ4v) is 3.70.